The van der Waals surface area contributed by atoms with Crippen LogP contribution in [0.2, 0.25) is 0 Å². The van der Waals surface area contributed by atoms with Crippen LogP contribution in [-0.2, 0) is 5.54 Å². The third-order valence-electron chi connectivity index (χ3n) is 1.70. The van der Waals surface area contributed by atoms with Crippen LogP contribution in [0.5, 0.6) is 0 Å². The molecule has 1 aromatic heterocycles. The Balaban J connectivity index is 3.34. The molecule has 0 spiro atoms. The molecule has 0 aromatic carbocycles. The quantitative estimate of drug-likeness (QED) is 0.759. The van der Waals surface area contributed by atoms with Gasteiger partial charge in [0.05, 0.1) is 5.54 Å². The SMILES string of the molecule is CC(=O)c1sc(C(C)(C)N)nc1C(=O)O. The van der Waals surface area contributed by atoms with Gasteiger partial charge in [-0.05, 0) is 13.8 Å². The molecule has 15 heavy (non-hydrogen) atoms. The van der Waals surface area contributed by atoms with Crippen LogP contribution in [0.1, 0.15) is 45.9 Å². The Morgan fingerprint density at radius 3 is 2.27 bits per heavy atom. The van der Waals surface area contributed by atoms with E-state index in [1.165, 1.54) is 6.92 Å². The molecule has 0 amide bonds. The Hall–Kier alpha value is -1.27. The summed E-state index contributed by atoms with van der Waals surface area (Å²) in [4.78, 5) is 26.0. The van der Waals surface area contributed by atoms with E-state index in [2.05, 4.69) is 4.98 Å². The van der Waals surface area contributed by atoms with Crippen LogP contribution in [-0.4, -0.2) is 21.8 Å². The van der Waals surface area contributed by atoms with Crippen LogP contribution < -0.4 is 5.73 Å². The van der Waals surface area contributed by atoms with E-state index in [1.54, 1.807) is 13.8 Å². The minimum absolute atomic E-state index is 0.149. The summed E-state index contributed by atoms with van der Waals surface area (Å²) in [5, 5.41) is 9.29. The fourth-order valence-corrected chi connectivity index (χ4v) is 1.95. The summed E-state index contributed by atoms with van der Waals surface area (Å²) in [5.41, 5.74) is 4.84. The van der Waals surface area contributed by atoms with Crippen molar-refractivity contribution in [3.63, 3.8) is 0 Å². The summed E-state index contributed by atoms with van der Waals surface area (Å²) < 4.78 is 0. The fourth-order valence-electron chi connectivity index (χ4n) is 0.979. The van der Waals surface area contributed by atoms with E-state index in [0.29, 0.717) is 5.01 Å². The van der Waals surface area contributed by atoms with Gasteiger partial charge in [-0.25, -0.2) is 9.78 Å². The highest BCUT2D eigenvalue weighted by Crippen LogP contribution is 2.26. The lowest BCUT2D eigenvalue weighted by molar-refractivity contribution is 0.0686. The number of nitrogens with zero attached hydrogens (tertiary/aromatic N) is 1. The van der Waals surface area contributed by atoms with Crippen LogP contribution in [0.3, 0.4) is 0 Å². The van der Waals surface area contributed by atoms with Crippen LogP contribution in [0, 0.1) is 0 Å². The molecule has 1 rings (SSSR count). The largest absolute Gasteiger partial charge is 0.476 e. The van der Waals surface area contributed by atoms with Crippen molar-refractivity contribution < 1.29 is 14.7 Å². The Kier molecular flexibility index (Phi) is 2.92. The van der Waals surface area contributed by atoms with Gasteiger partial charge in [0.2, 0.25) is 0 Å². The molecular weight excluding hydrogens is 216 g/mol. The molecule has 0 saturated heterocycles. The van der Waals surface area contributed by atoms with E-state index in [-0.39, 0.29) is 16.4 Å². The van der Waals surface area contributed by atoms with Crippen LogP contribution in [0.4, 0.5) is 0 Å². The van der Waals surface area contributed by atoms with Crippen LogP contribution in [0.15, 0.2) is 0 Å². The molecule has 0 aliphatic carbocycles. The predicted molar refractivity (Wildman–Crippen MR) is 56.3 cm³/mol. The second-order valence-electron chi connectivity index (χ2n) is 3.78. The van der Waals surface area contributed by atoms with Gasteiger partial charge in [0.1, 0.15) is 9.88 Å². The Morgan fingerprint density at radius 2 is 2.00 bits per heavy atom. The molecule has 0 aliphatic rings. The van der Waals surface area contributed by atoms with Crippen molar-refractivity contribution in [1.29, 1.82) is 0 Å². The minimum atomic E-state index is -1.20. The molecule has 1 aromatic rings. The number of Topliss-reactive ketones (excluding diaryl/α,β-unsaturated/α-hetero) is 1. The van der Waals surface area contributed by atoms with E-state index in [1.807, 2.05) is 0 Å². The molecule has 0 unspecified atom stereocenters. The number of hydrogen-bond acceptors (Lipinski definition) is 5. The van der Waals surface area contributed by atoms with Crippen molar-refractivity contribution >= 4 is 23.1 Å². The summed E-state index contributed by atoms with van der Waals surface area (Å²) in [6.07, 6.45) is 0. The van der Waals surface area contributed by atoms with Gasteiger partial charge in [0, 0.05) is 6.92 Å². The van der Waals surface area contributed by atoms with Crippen molar-refractivity contribution in [2.45, 2.75) is 26.3 Å². The van der Waals surface area contributed by atoms with E-state index >= 15 is 0 Å². The summed E-state index contributed by atoms with van der Waals surface area (Å²) in [5.74, 6) is -1.51. The third-order valence-corrected chi connectivity index (χ3v) is 3.20. The first-order valence-corrected chi connectivity index (χ1v) is 5.09. The Bertz CT molecular complexity index is 386. The van der Waals surface area contributed by atoms with Gasteiger partial charge < -0.3 is 10.8 Å². The number of rotatable bonds is 3. The number of aromatic nitrogens is 1. The Labute approximate surface area is 90.9 Å². The molecule has 6 heteroatoms. The summed E-state index contributed by atoms with van der Waals surface area (Å²) >= 11 is 1.04. The van der Waals surface area contributed by atoms with Crippen molar-refractivity contribution in [3.05, 3.63) is 15.6 Å². The topological polar surface area (TPSA) is 93.3 Å². The first-order valence-electron chi connectivity index (χ1n) is 4.28. The fraction of sp³-hybridized carbons (Fsp3) is 0.444. The summed E-state index contributed by atoms with van der Waals surface area (Å²) in [7, 11) is 0. The molecule has 5 nitrogen and oxygen atoms in total. The lowest BCUT2D eigenvalue weighted by Gasteiger charge is -2.13. The molecule has 3 N–H and O–H groups in total. The van der Waals surface area contributed by atoms with E-state index in [0.717, 1.165) is 11.3 Å². The van der Waals surface area contributed by atoms with Crippen molar-refractivity contribution in [2.75, 3.05) is 0 Å². The number of carboxylic acids is 1. The molecule has 0 saturated carbocycles. The zero-order valence-electron chi connectivity index (χ0n) is 8.70. The number of carbonyl (C=O) groups is 2. The highest BCUT2D eigenvalue weighted by Gasteiger charge is 2.26. The lowest BCUT2D eigenvalue weighted by atomic mass is 10.1. The average molecular weight is 228 g/mol. The second-order valence-corrected chi connectivity index (χ2v) is 4.78. The van der Waals surface area contributed by atoms with Crippen LogP contribution in [0.25, 0.3) is 0 Å². The Morgan fingerprint density at radius 1 is 1.47 bits per heavy atom. The molecular formula is C9H12N2O3S. The molecule has 0 atom stereocenters. The maximum atomic E-state index is 11.2. The molecule has 82 valence electrons. The number of nitrogens with two attached hydrogens (primary N) is 1. The number of hydrogen-bond donors (Lipinski definition) is 2. The normalized spacial score (nSPS) is 11.5. The van der Waals surface area contributed by atoms with Gasteiger partial charge in [-0.3, -0.25) is 4.79 Å². The van der Waals surface area contributed by atoms with Crippen molar-refractivity contribution in [2.24, 2.45) is 5.73 Å². The number of carboxylic acid groups (broad SMARTS) is 1. The first-order chi connectivity index (χ1) is 6.73. The summed E-state index contributed by atoms with van der Waals surface area (Å²) in [6.45, 7) is 4.73. The van der Waals surface area contributed by atoms with E-state index in [9.17, 15) is 9.59 Å². The minimum Gasteiger partial charge on any atom is -0.476 e. The second kappa shape index (κ2) is 3.71. The number of thiazole rings is 1. The van der Waals surface area contributed by atoms with Crippen molar-refractivity contribution in [3.8, 4) is 0 Å². The number of aromatic carboxylic acids is 1. The molecule has 0 fully saturated rings. The zero-order chi connectivity index (χ0) is 11.8. The smallest absolute Gasteiger partial charge is 0.356 e. The molecule has 0 radical (unpaired) electrons. The monoisotopic (exact) mass is 228 g/mol. The van der Waals surface area contributed by atoms with Gasteiger partial charge in [0.25, 0.3) is 0 Å². The molecule has 1 heterocycles. The lowest BCUT2D eigenvalue weighted by Crippen LogP contribution is -2.28. The van der Waals surface area contributed by atoms with E-state index in [4.69, 9.17) is 10.8 Å². The van der Waals surface area contributed by atoms with Gasteiger partial charge in [-0.15, -0.1) is 11.3 Å². The maximum absolute atomic E-state index is 11.2. The standard InChI is InChI=1S/C9H12N2O3S/c1-4(12)6-5(7(13)14)11-8(15-6)9(2,3)10/h10H2,1-3H3,(H,13,14). The average Bonchev–Trinajstić information content (AvgIpc) is 2.45. The zero-order valence-corrected chi connectivity index (χ0v) is 9.51. The van der Waals surface area contributed by atoms with E-state index < -0.39 is 11.5 Å². The predicted octanol–water partition coefficient (Wildman–Crippen LogP) is 1.24. The molecule has 0 bridgehead atoms. The number of ketones is 1. The van der Waals surface area contributed by atoms with Crippen LogP contribution >= 0.6 is 11.3 Å². The maximum Gasteiger partial charge on any atom is 0.356 e. The first kappa shape index (κ1) is 11.8. The van der Waals surface area contributed by atoms with Crippen molar-refractivity contribution in [1.82, 2.24) is 4.98 Å². The van der Waals surface area contributed by atoms with Gasteiger partial charge in [-0.1, -0.05) is 0 Å². The molecule has 0 aliphatic heterocycles. The highest BCUT2D eigenvalue weighted by molar-refractivity contribution is 7.14. The number of carbonyl (C=O) groups excluding carboxylic acids is 1. The van der Waals surface area contributed by atoms with Gasteiger partial charge in [0.15, 0.2) is 11.5 Å². The highest BCUT2D eigenvalue weighted by atomic mass is 32.1. The van der Waals surface area contributed by atoms with Gasteiger partial charge >= 0.3 is 5.97 Å². The third kappa shape index (κ3) is 2.40. The van der Waals surface area contributed by atoms with Gasteiger partial charge in [-0.2, -0.15) is 0 Å². The summed E-state index contributed by atoms with van der Waals surface area (Å²) in [6, 6.07) is 0.